The van der Waals surface area contributed by atoms with Gasteiger partial charge in [-0.3, -0.25) is 4.79 Å². The van der Waals surface area contributed by atoms with E-state index in [0.29, 0.717) is 6.54 Å². The Bertz CT molecular complexity index is 543. The molecule has 1 amide bonds. The van der Waals surface area contributed by atoms with Gasteiger partial charge in [0.15, 0.2) is 0 Å². The second-order valence-corrected chi connectivity index (χ2v) is 8.88. The van der Waals surface area contributed by atoms with Crippen LogP contribution in [0.25, 0.3) is 0 Å². The van der Waals surface area contributed by atoms with Gasteiger partial charge in [0.2, 0.25) is 5.91 Å². The summed E-state index contributed by atoms with van der Waals surface area (Å²) in [4.78, 5) is 11.4. The van der Waals surface area contributed by atoms with Gasteiger partial charge in [-0.1, -0.05) is 121 Å². The lowest BCUT2D eigenvalue weighted by molar-refractivity contribution is -0.119. The summed E-state index contributed by atoms with van der Waals surface area (Å²) in [6.45, 7) is 4.57. The maximum Gasteiger partial charge on any atom is 0.216 e. The van der Waals surface area contributed by atoms with E-state index in [2.05, 4.69) is 18.3 Å². The minimum absolute atomic E-state index is 0.0161. The fourth-order valence-corrected chi connectivity index (χ4v) is 4.30. The minimum Gasteiger partial charge on any atom is -0.392 e. The lowest BCUT2D eigenvalue weighted by atomic mass is 9.89. The standard InChI is InChI=1S/C27H47NO2/c1-3-4-5-6-7-8-9-10-11-12-13-14-15-16-19-25(22-28-24(2)30)27-21-18-17-20-26(27)23-29/h17-18,20-21,25,29H,3-16,19,22-23H2,1-2H3,(H,28,30). The van der Waals surface area contributed by atoms with Gasteiger partial charge in [0.25, 0.3) is 0 Å². The van der Waals surface area contributed by atoms with Crippen molar-refractivity contribution in [2.24, 2.45) is 0 Å². The normalized spacial score (nSPS) is 12.1. The summed E-state index contributed by atoms with van der Waals surface area (Å²) in [5, 5.41) is 12.6. The van der Waals surface area contributed by atoms with Gasteiger partial charge in [-0.05, 0) is 17.5 Å². The first-order valence-electron chi connectivity index (χ1n) is 12.6. The summed E-state index contributed by atoms with van der Waals surface area (Å²) in [6.07, 6.45) is 20.2. The molecule has 0 heterocycles. The Hall–Kier alpha value is -1.35. The van der Waals surface area contributed by atoms with Crippen LogP contribution in [0.4, 0.5) is 0 Å². The number of benzene rings is 1. The molecule has 0 aromatic heterocycles. The molecule has 172 valence electrons. The van der Waals surface area contributed by atoms with Crippen LogP contribution in [-0.4, -0.2) is 17.6 Å². The number of carbonyl (C=O) groups excluding carboxylic acids is 1. The topological polar surface area (TPSA) is 49.3 Å². The van der Waals surface area contributed by atoms with E-state index in [1.165, 1.54) is 95.5 Å². The summed E-state index contributed by atoms with van der Waals surface area (Å²) >= 11 is 0. The van der Waals surface area contributed by atoms with E-state index in [-0.39, 0.29) is 18.4 Å². The van der Waals surface area contributed by atoms with Gasteiger partial charge < -0.3 is 10.4 Å². The maximum absolute atomic E-state index is 11.4. The molecule has 1 aromatic rings. The number of amides is 1. The number of unbranched alkanes of at least 4 members (excludes halogenated alkanes) is 13. The van der Waals surface area contributed by atoms with Gasteiger partial charge >= 0.3 is 0 Å². The van der Waals surface area contributed by atoms with Gasteiger partial charge in [0, 0.05) is 19.4 Å². The van der Waals surface area contributed by atoms with E-state index in [4.69, 9.17) is 0 Å². The third-order valence-corrected chi connectivity index (χ3v) is 6.17. The number of rotatable bonds is 19. The van der Waals surface area contributed by atoms with Gasteiger partial charge in [-0.15, -0.1) is 0 Å². The molecule has 1 unspecified atom stereocenters. The number of hydrogen-bond acceptors (Lipinski definition) is 2. The molecule has 0 saturated heterocycles. The number of aliphatic hydroxyl groups is 1. The van der Waals surface area contributed by atoms with Crippen LogP contribution in [0.5, 0.6) is 0 Å². The molecule has 0 spiro atoms. The number of nitrogens with one attached hydrogen (secondary N) is 1. The first-order chi connectivity index (χ1) is 14.7. The van der Waals surface area contributed by atoms with Crippen molar-refractivity contribution in [1.29, 1.82) is 0 Å². The van der Waals surface area contributed by atoms with Crippen molar-refractivity contribution in [1.82, 2.24) is 5.32 Å². The maximum atomic E-state index is 11.4. The zero-order valence-electron chi connectivity index (χ0n) is 19.8. The Morgan fingerprint density at radius 1 is 0.833 bits per heavy atom. The van der Waals surface area contributed by atoms with Gasteiger partial charge in [-0.25, -0.2) is 0 Å². The molecule has 0 fully saturated rings. The molecule has 0 bridgehead atoms. The predicted molar refractivity (Wildman–Crippen MR) is 129 cm³/mol. The smallest absolute Gasteiger partial charge is 0.216 e. The Morgan fingerprint density at radius 2 is 1.33 bits per heavy atom. The number of hydrogen-bond donors (Lipinski definition) is 2. The SMILES string of the molecule is CCCCCCCCCCCCCCCCC(CNC(C)=O)c1ccccc1CO. The number of aliphatic hydroxyl groups excluding tert-OH is 1. The van der Waals surface area contributed by atoms with Crippen LogP contribution in [0.2, 0.25) is 0 Å². The van der Waals surface area contributed by atoms with Crippen LogP contribution in [0.1, 0.15) is 127 Å². The van der Waals surface area contributed by atoms with E-state index in [9.17, 15) is 9.90 Å². The van der Waals surface area contributed by atoms with Gasteiger partial charge in [0.05, 0.1) is 6.61 Å². The Kier molecular flexibility index (Phi) is 16.4. The van der Waals surface area contributed by atoms with E-state index in [0.717, 1.165) is 12.0 Å². The van der Waals surface area contributed by atoms with E-state index in [1.807, 2.05) is 18.2 Å². The van der Waals surface area contributed by atoms with Crippen LogP contribution in [0.15, 0.2) is 24.3 Å². The van der Waals surface area contributed by atoms with Crippen LogP contribution < -0.4 is 5.32 Å². The highest BCUT2D eigenvalue weighted by atomic mass is 16.3. The Balaban J connectivity index is 2.13. The zero-order valence-corrected chi connectivity index (χ0v) is 19.8. The molecule has 1 atom stereocenters. The molecule has 3 heteroatoms. The number of carbonyl (C=O) groups is 1. The molecule has 1 rings (SSSR count). The lowest BCUT2D eigenvalue weighted by Gasteiger charge is -2.20. The summed E-state index contributed by atoms with van der Waals surface area (Å²) in [7, 11) is 0. The molecule has 30 heavy (non-hydrogen) atoms. The highest BCUT2D eigenvalue weighted by molar-refractivity contribution is 5.72. The third-order valence-electron chi connectivity index (χ3n) is 6.17. The first kappa shape index (κ1) is 26.7. The molecule has 0 saturated carbocycles. The van der Waals surface area contributed by atoms with E-state index < -0.39 is 0 Å². The summed E-state index contributed by atoms with van der Waals surface area (Å²) in [5.74, 6) is 0.303. The third kappa shape index (κ3) is 13.1. The van der Waals surface area contributed by atoms with Crippen molar-refractivity contribution in [2.75, 3.05) is 6.54 Å². The molecule has 1 aromatic carbocycles. The van der Waals surface area contributed by atoms with Crippen LogP contribution >= 0.6 is 0 Å². The minimum atomic E-state index is 0.0161. The average Bonchev–Trinajstić information content (AvgIpc) is 2.75. The molecule has 2 N–H and O–H groups in total. The van der Waals surface area contributed by atoms with E-state index >= 15 is 0 Å². The summed E-state index contributed by atoms with van der Waals surface area (Å²) < 4.78 is 0. The Labute approximate surface area is 186 Å². The van der Waals surface area contributed by atoms with Gasteiger partial charge in [-0.2, -0.15) is 0 Å². The van der Waals surface area contributed by atoms with Crippen molar-refractivity contribution in [3.05, 3.63) is 35.4 Å². The second kappa shape index (κ2) is 18.4. The van der Waals surface area contributed by atoms with Crippen molar-refractivity contribution in [3.63, 3.8) is 0 Å². The quantitative estimate of drug-likeness (QED) is 0.232. The van der Waals surface area contributed by atoms with Crippen LogP contribution in [0.3, 0.4) is 0 Å². The summed E-state index contributed by atoms with van der Waals surface area (Å²) in [6, 6.07) is 8.08. The molecule has 3 nitrogen and oxygen atoms in total. The average molecular weight is 418 g/mol. The van der Waals surface area contributed by atoms with E-state index in [1.54, 1.807) is 6.92 Å². The monoisotopic (exact) mass is 417 g/mol. The fourth-order valence-electron chi connectivity index (χ4n) is 4.30. The molecular weight excluding hydrogens is 370 g/mol. The summed E-state index contributed by atoms with van der Waals surface area (Å²) in [5.41, 5.74) is 2.17. The molecular formula is C27H47NO2. The van der Waals surface area contributed by atoms with Crippen molar-refractivity contribution in [2.45, 2.75) is 123 Å². The molecule has 0 radical (unpaired) electrons. The van der Waals surface area contributed by atoms with Crippen molar-refractivity contribution in [3.8, 4) is 0 Å². The van der Waals surface area contributed by atoms with Crippen molar-refractivity contribution >= 4 is 5.91 Å². The van der Waals surface area contributed by atoms with Crippen LogP contribution in [-0.2, 0) is 11.4 Å². The first-order valence-corrected chi connectivity index (χ1v) is 12.6. The molecule has 0 aliphatic heterocycles. The largest absolute Gasteiger partial charge is 0.392 e. The predicted octanol–water partition coefficient (Wildman–Crippen LogP) is 7.27. The van der Waals surface area contributed by atoms with Crippen molar-refractivity contribution < 1.29 is 9.90 Å². The lowest BCUT2D eigenvalue weighted by Crippen LogP contribution is -2.26. The fraction of sp³-hybridized carbons (Fsp3) is 0.741. The molecule has 0 aliphatic rings. The second-order valence-electron chi connectivity index (χ2n) is 8.88. The zero-order chi connectivity index (χ0) is 21.9. The Morgan fingerprint density at radius 3 is 1.83 bits per heavy atom. The molecule has 0 aliphatic carbocycles. The van der Waals surface area contributed by atoms with Gasteiger partial charge in [0.1, 0.15) is 0 Å². The highest BCUT2D eigenvalue weighted by Gasteiger charge is 2.15. The highest BCUT2D eigenvalue weighted by Crippen LogP contribution is 2.26. The van der Waals surface area contributed by atoms with Crippen LogP contribution in [0, 0.1) is 0 Å².